The number of aliphatic hydroxyl groups excluding tert-OH is 1. The van der Waals surface area contributed by atoms with Crippen LogP contribution in [0.5, 0.6) is 5.75 Å². The van der Waals surface area contributed by atoms with Crippen LogP contribution in [-0.4, -0.2) is 51.1 Å². The number of anilines is 2. The molecule has 3 rings (SSSR count). The molecule has 2 heterocycles. The normalized spacial score (nSPS) is 11.8. The van der Waals surface area contributed by atoms with Crippen molar-refractivity contribution in [3.8, 4) is 5.75 Å². The average molecular weight is 444 g/mol. The van der Waals surface area contributed by atoms with E-state index in [1.165, 1.54) is 26.4 Å². The lowest BCUT2D eigenvalue weighted by atomic mass is 10.0. The van der Waals surface area contributed by atoms with Crippen LogP contribution in [0.3, 0.4) is 0 Å². The minimum Gasteiger partial charge on any atom is -0.494 e. The maximum Gasteiger partial charge on any atom is 0.274 e. The second kappa shape index (κ2) is 10.6. The summed E-state index contributed by atoms with van der Waals surface area (Å²) in [7, 11) is 2.66. The molecule has 0 aliphatic rings. The number of nitrogens with one attached hydrogen (secondary N) is 2. The van der Waals surface area contributed by atoms with Crippen molar-refractivity contribution < 1.29 is 23.9 Å². The summed E-state index contributed by atoms with van der Waals surface area (Å²) in [5.41, 5.74) is 4.26. The highest BCUT2D eigenvalue weighted by molar-refractivity contribution is 5.94. The van der Waals surface area contributed by atoms with Gasteiger partial charge in [0.1, 0.15) is 0 Å². The SMILES string of the molecule is CONC(=O)c1cc(CCc2cnc(Nc3cnn(C[C@@H](C)O)c3)nc2)c(F)c(OC)c1. The van der Waals surface area contributed by atoms with Crippen molar-refractivity contribution in [3.63, 3.8) is 0 Å². The molecule has 0 aliphatic heterocycles. The van der Waals surface area contributed by atoms with Gasteiger partial charge in [-0.25, -0.2) is 19.8 Å². The second-order valence-corrected chi connectivity index (χ2v) is 7.13. The first kappa shape index (κ1) is 23.1. The Hall–Kier alpha value is -3.57. The zero-order chi connectivity index (χ0) is 23.1. The fourth-order valence-corrected chi connectivity index (χ4v) is 3.02. The first-order chi connectivity index (χ1) is 15.4. The average Bonchev–Trinajstić information content (AvgIpc) is 3.20. The summed E-state index contributed by atoms with van der Waals surface area (Å²) in [5, 5.41) is 16.6. The van der Waals surface area contributed by atoms with E-state index in [1.807, 2.05) is 0 Å². The lowest BCUT2D eigenvalue weighted by Crippen LogP contribution is -2.22. The van der Waals surface area contributed by atoms with Crippen molar-refractivity contribution in [2.45, 2.75) is 32.4 Å². The fourth-order valence-electron chi connectivity index (χ4n) is 3.02. The van der Waals surface area contributed by atoms with E-state index in [1.54, 1.807) is 36.4 Å². The minimum atomic E-state index is -0.519. The summed E-state index contributed by atoms with van der Waals surface area (Å²) in [6.45, 7) is 2.07. The van der Waals surface area contributed by atoms with Crippen LogP contribution >= 0.6 is 0 Å². The van der Waals surface area contributed by atoms with Gasteiger partial charge >= 0.3 is 0 Å². The molecule has 0 bridgehead atoms. The maximum absolute atomic E-state index is 14.6. The second-order valence-electron chi connectivity index (χ2n) is 7.13. The van der Waals surface area contributed by atoms with Crippen molar-refractivity contribution in [2.75, 3.05) is 19.5 Å². The number of aryl methyl sites for hydroxylation is 2. The summed E-state index contributed by atoms with van der Waals surface area (Å²) in [6, 6.07) is 2.79. The van der Waals surface area contributed by atoms with Crippen molar-refractivity contribution >= 4 is 17.5 Å². The number of nitrogens with zero attached hydrogens (tertiary/aromatic N) is 4. The van der Waals surface area contributed by atoms with Gasteiger partial charge in [0, 0.05) is 24.2 Å². The van der Waals surface area contributed by atoms with Gasteiger partial charge in [-0.2, -0.15) is 5.10 Å². The Labute approximate surface area is 184 Å². The lowest BCUT2D eigenvalue weighted by Gasteiger charge is -2.11. The number of hydroxylamine groups is 1. The summed E-state index contributed by atoms with van der Waals surface area (Å²) >= 11 is 0. The number of ether oxygens (including phenoxy) is 1. The third-order valence-electron chi connectivity index (χ3n) is 4.52. The predicted molar refractivity (Wildman–Crippen MR) is 114 cm³/mol. The van der Waals surface area contributed by atoms with E-state index < -0.39 is 17.8 Å². The third-order valence-corrected chi connectivity index (χ3v) is 4.52. The number of hydrogen-bond donors (Lipinski definition) is 3. The number of rotatable bonds is 10. The number of aliphatic hydroxyl groups is 1. The first-order valence-electron chi connectivity index (χ1n) is 9.87. The molecule has 3 N–H and O–H groups in total. The van der Waals surface area contributed by atoms with Crippen LogP contribution in [0.4, 0.5) is 16.0 Å². The molecule has 0 unspecified atom stereocenters. The zero-order valence-corrected chi connectivity index (χ0v) is 18.0. The molecule has 2 aromatic heterocycles. The van der Waals surface area contributed by atoms with Gasteiger partial charge < -0.3 is 15.2 Å². The molecule has 0 radical (unpaired) electrons. The van der Waals surface area contributed by atoms with Crippen LogP contribution in [0.15, 0.2) is 36.9 Å². The van der Waals surface area contributed by atoms with Crippen molar-refractivity contribution in [1.82, 2.24) is 25.2 Å². The quantitative estimate of drug-likeness (QED) is 0.406. The smallest absolute Gasteiger partial charge is 0.274 e. The topological polar surface area (TPSA) is 123 Å². The molecule has 170 valence electrons. The third kappa shape index (κ3) is 5.99. The molecule has 10 nitrogen and oxygen atoms in total. The molecular formula is C21H25FN6O4. The van der Waals surface area contributed by atoms with Crippen LogP contribution in [0.1, 0.15) is 28.4 Å². The molecule has 3 aromatic rings. The van der Waals surface area contributed by atoms with E-state index in [2.05, 4.69) is 30.7 Å². The molecule has 32 heavy (non-hydrogen) atoms. The number of hydrogen-bond acceptors (Lipinski definition) is 8. The van der Waals surface area contributed by atoms with Crippen LogP contribution in [0, 0.1) is 5.82 Å². The van der Waals surface area contributed by atoms with Gasteiger partial charge in [-0.1, -0.05) is 0 Å². The van der Waals surface area contributed by atoms with E-state index in [0.29, 0.717) is 36.6 Å². The number of aromatic nitrogens is 4. The molecule has 0 spiro atoms. The highest BCUT2D eigenvalue weighted by Crippen LogP contribution is 2.24. The summed E-state index contributed by atoms with van der Waals surface area (Å²) < 4.78 is 21.3. The molecule has 0 saturated heterocycles. The number of amides is 1. The number of carbonyl (C=O) groups excluding carboxylic acids is 1. The molecule has 1 aromatic carbocycles. The van der Waals surface area contributed by atoms with Crippen LogP contribution < -0.4 is 15.5 Å². The molecule has 1 amide bonds. The van der Waals surface area contributed by atoms with E-state index in [9.17, 15) is 14.3 Å². The Bertz CT molecular complexity index is 1050. The maximum atomic E-state index is 14.6. The Kier molecular flexibility index (Phi) is 7.68. The lowest BCUT2D eigenvalue weighted by molar-refractivity contribution is 0.0537. The van der Waals surface area contributed by atoms with Gasteiger partial charge in [-0.3, -0.25) is 14.3 Å². The number of methoxy groups -OCH3 is 1. The molecular weight excluding hydrogens is 419 g/mol. The Morgan fingerprint density at radius 2 is 1.97 bits per heavy atom. The fraction of sp³-hybridized carbons (Fsp3) is 0.333. The van der Waals surface area contributed by atoms with Gasteiger partial charge in [-0.15, -0.1) is 0 Å². The van der Waals surface area contributed by atoms with Gasteiger partial charge in [0.25, 0.3) is 5.91 Å². The highest BCUT2D eigenvalue weighted by atomic mass is 19.1. The van der Waals surface area contributed by atoms with Crippen LogP contribution in [0.25, 0.3) is 0 Å². The Balaban J connectivity index is 1.65. The molecule has 0 aliphatic carbocycles. The van der Waals surface area contributed by atoms with Crippen LogP contribution in [-0.2, 0) is 24.2 Å². The van der Waals surface area contributed by atoms with Gasteiger partial charge in [0.05, 0.1) is 38.8 Å². The highest BCUT2D eigenvalue weighted by Gasteiger charge is 2.16. The van der Waals surface area contributed by atoms with E-state index >= 15 is 0 Å². The summed E-state index contributed by atoms with van der Waals surface area (Å²) in [6.07, 6.45) is 6.92. The Morgan fingerprint density at radius 1 is 1.22 bits per heavy atom. The Morgan fingerprint density at radius 3 is 2.62 bits per heavy atom. The van der Waals surface area contributed by atoms with Crippen molar-refractivity contribution in [2.24, 2.45) is 0 Å². The zero-order valence-electron chi connectivity index (χ0n) is 18.0. The largest absolute Gasteiger partial charge is 0.494 e. The monoisotopic (exact) mass is 444 g/mol. The summed E-state index contributed by atoms with van der Waals surface area (Å²) in [4.78, 5) is 25.2. The molecule has 11 heteroatoms. The number of carbonyl (C=O) groups is 1. The van der Waals surface area contributed by atoms with E-state index in [4.69, 9.17) is 4.74 Å². The summed E-state index contributed by atoms with van der Waals surface area (Å²) in [5.74, 6) is -0.649. The van der Waals surface area contributed by atoms with E-state index in [0.717, 1.165) is 5.56 Å². The number of halogens is 1. The molecule has 1 atom stereocenters. The van der Waals surface area contributed by atoms with Crippen molar-refractivity contribution in [1.29, 1.82) is 0 Å². The number of benzene rings is 1. The van der Waals surface area contributed by atoms with Crippen LogP contribution in [0.2, 0.25) is 0 Å². The van der Waals surface area contributed by atoms with Gasteiger partial charge in [-0.05, 0) is 43.0 Å². The van der Waals surface area contributed by atoms with Gasteiger partial charge in [0.15, 0.2) is 11.6 Å². The standard InChI is InChI=1S/C21H25FN6O4/c1-13(29)11-28-12-17(10-25-28)26-21-23-8-14(9-24-21)4-5-15-6-16(20(30)27-32-3)7-18(31-2)19(15)22/h6-10,12-13,29H,4-5,11H2,1-3H3,(H,27,30)(H,23,24,26)/t13-/m1/s1. The molecule has 0 saturated carbocycles. The van der Waals surface area contributed by atoms with Gasteiger partial charge in [0.2, 0.25) is 5.95 Å². The van der Waals surface area contributed by atoms with E-state index in [-0.39, 0.29) is 11.3 Å². The minimum absolute atomic E-state index is 0.0179. The molecule has 0 fully saturated rings. The van der Waals surface area contributed by atoms with Crippen molar-refractivity contribution in [3.05, 3.63) is 59.4 Å². The predicted octanol–water partition coefficient (Wildman–Crippen LogP) is 2.02. The first-order valence-corrected chi connectivity index (χ1v) is 9.87.